The fraction of sp³-hybridized carbons (Fsp3) is 0.389. The first-order chi connectivity index (χ1) is 11.6. The standard InChI is InChI=1S/C18H19N3O2S/c1-11-10-24-18(19-11)21(15-8-9-15)17(23)13-4-6-14(7-5-13)20-16(22)12-2-3-12/h4-7,10,12,15H,2-3,8-9H2,1H3,(H,20,22). The molecule has 1 N–H and O–H groups in total. The van der Waals surface area contributed by atoms with E-state index in [-0.39, 0.29) is 23.8 Å². The van der Waals surface area contributed by atoms with Crippen LogP contribution in [0.3, 0.4) is 0 Å². The third-order valence-electron chi connectivity index (χ3n) is 4.29. The molecule has 24 heavy (non-hydrogen) atoms. The van der Waals surface area contributed by atoms with Crippen LogP contribution in [0.5, 0.6) is 0 Å². The van der Waals surface area contributed by atoms with Gasteiger partial charge in [0.05, 0.1) is 5.69 Å². The minimum Gasteiger partial charge on any atom is -0.326 e. The van der Waals surface area contributed by atoms with Crippen molar-refractivity contribution in [1.29, 1.82) is 0 Å². The number of rotatable bonds is 5. The molecule has 0 radical (unpaired) electrons. The number of benzene rings is 1. The zero-order valence-electron chi connectivity index (χ0n) is 13.5. The van der Waals surface area contributed by atoms with Crippen molar-refractivity contribution in [2.45, 2.75) is 38.6 Å². The Kier molecular flexibility index (Phi) is 3.84. The molecular weight excluding hydrogens is 322 g/mol. The number of aryl methyl sites for hydroxylation is 1. The van der Waals surface area contributed by atoms with Crippen LogP contribution >= 0.6 is 11.3 Å². The number of amides is 2. The van der Waals surface area contributed by atoms with Crippen LogP contribution in [0.1, 0.15) is 41.7 Å². The summed E-state index contributed by atoms with van der Waals surface area (Å²) in [5, 5.41) is 5.63. The molecule has 2 saturated carbocycles. The molecule has 2 amide bonds. The lowest BCUT2D eigenvalue weighted by atomic mass is 10.1. The molecule has 1 aromatic heterocycles. The van der Waals surface area contributed by atoms with E-state index in [9.17, 15) is 9.59 Å². The molecule has 0 atom stereocenters. The van der Waals surface area contributed by atoms with Gasteiger partial charge >= 0.3 is 0 Å². The number of aromatic nitrogens is 1. The monoisotopic (exact) mass is 341 g/mol. The van der Waals surface area contributed by atoms with E-state index in [1.807, 2.05) is 17.2 Å². The Morgan fingerprint density at radius 3 is 2.42 bits per heavy atom. The van der Waals surface area contributed by atoms with Crippen molar-refractivity contribution in [1.82, 2.24) is 4.98 Å². The molecule has 6 heteroatoms. The van der Waals surface area contributed by atoms with E-state index < -0.39 is 0 Å². The molecule has 2 aromatic rings. The molecular formula is C18H19N3O2S. The van der Waals surface area contributed by atoms with Crippen molar-refractivity contribution >= 4 is 34.0 Å². The third-order valence-corrected chi connectivity index (χ3v) is 5.25. The van der Waals surface area contributed by atoms with E-state index in [4.69, 9.17) is 0 Å². The number of hydrogen-bond acceptors (Lipinski definition) is 4. The van der Waals surface area contributed by atoms with Gasteiger partial charge in [-0.05, 0) is 56.9 Å². The molecule has 0 unspecified atom stereocenters. The zero-order chi connectivity index (χ0) is 16.7. The van der Waals surface area contributed by atoms with Crippen LogP contribution in [0.15, 0.2) is 29.6 Å². The van der Waals surface area contributed by atoms with Crippen LogP contribution in [-0.4, -0.2) is 22.8 Å². The number of anilines is 2. The van der Waals surface area contributed by atoms with Gasteiger partial charge in [-0.2, -0.15) is 0 Å². The summed E-state index contributed by atoms with van der Waals surface area (Å²) in [6, 6.07) is 7.41. The predicted molar refractivity (Wildman–Crippen MR) is 94.5 cm³/mol. The molecule has 0 aliphatic heterocycles. The highest BCUT2D eigenvalue weighted by Gasteiger charge is 2.36. The first kappa shape index (κ1) is 15.3. The van der Waals surface area contributed by atoms with Crippen molar-refractivity contribution in [3.05, 3.63) is 40.9 Å². The minimum atomic E-state index is -0.0214. The van der Waals surface area contributed by atoms with Gasteiger partial charge < -0.3 is 5.32 Å². The second kappa shape index (κ2) is 6.02. The number of carbonyl (C=O) groups is 2. The fourth-order valence-corrected chi connectivity index (χ4v) is 3.49. The maximum absolute atomic E-state index is 12.9. The number of thiazole rings is 1. The van der Waals surface area contributed by atoms with Gasteiger partial charge in [-0.25, -0.2) is 4.98 Å². The Labute approximate surface area is 144 Å². The Hall–Kier alpha value is -2.21. The summed E-state index contributed by atoms with van der Waals surface area (Å²) in [7, 11) is 0. The first-order valence-electron chi connectivity index (χ1n) is 8.28. The lowest BCUT2D eigenvalue weighted by Gasteiger charge is -2.19. The highest BCUT2D eigenvalue weighted by atomic mass is 32.1. The summed E-state index contributed by atoms with van der Waals surface area (Å²) in [4.78, 5) is 31.0. The second-order valence-electron chi connectivity index (χ2n) is 6.52. The molecule has 2 aliphatic carbocycles. The molecule has 0 bridgehead atoms. The molecule has 1 aromatic carbocycles. The van der Waals surface area contributed by atoms with Gasteiger partial charge in [0.2, 0.25) is 5.91 Å². The third kappa shape index (κ3) is 3.19. The fourth-order valence-electron chi connectivity index (χ4n) is 2.62. The Balaban J connectivity index is 1.51. The number of hydrogen-bond donors (Lipinski definition) is 1. The summed E-state index contributed by atoms with van der Waals surface area (Å²) in [6.45, 7) is 1.94. The number of carbonyl (C=O) groups excluding carboxylic acids is 2. The summed E-state index contributed by atoms with van der Waals surface area (Å²) in [5.74, 6) is 0.226. The Bertz CT molecular complexity index is 776. The summed E-state index contributed by atoms with van der Waals surface area (Å²) in [6.07, 6.45) is 4.01. The van der Waals surface area contributed by atoms with Crippen LogP contribution < -0.4 is 10.2 Å². The normalized spacial score (nSPS) is 16.7. The number of nitrogens with one attached hydrogen (secondary N) is 1. The van der Waals surface area contributed by atoms with E-state index in [0.717, 1.165) is 42.2 Å². The Morgan fingerprint density at radius 2 is 1.88 bits per heavy atom. The zero-order valence-corrected chi connectivity index (χ0v) is 14.3. The minimum absolute atomic E-state index is 0.0214. The highest BCUT2D eigenvalue weighted by Crippen LogP contribution is 2.35. The quantitative estimate of drug-likeness (QED) is 0.904. The van der Waals surface area contributed by atoms with E-state index in [1.54, 1.807) is 24.3 Å². The van der Waals surface area contributed by atoms with Crippen molar-refractivity contribution in [3.63, 3.8) is 0 Å². The van der Waals surface area contributed by atoms with Crippen molar-refractivity contribution < 1.29 is 9.59 Å². The van der Waals surface area contributed by atoms with Crippen LogP contribution in [0.4, 0.5) is 10.8 Å². The van der Waals surface area contributed by atoms with Gasteiger partial charge in [0, 0.05) is 28.6 Å². The van der Waals surface area contributed by atoms with Crippen LogP contribution in [0.25, 0.3) is 0 Å². The second-order valence-corrected chi connectivity index (χ2v) is 7.36. The smallest absolute Gasteiger partial charge is 0.260 e. The molecule has 2 aliphatic rings. The highest BCUT2D eigenvalue weighted by molar-refractivity contribution is 7.14. The molecule has 4 rings (SSSR count). The SMILES string of the molecule is Cc1csc(N(C(=O)c2ccc(NC(=O)C3CC3)cc2)C2CC2)n1. The van der Waals surface area contributed by atoms with Crippen LogP contribution in [0.2, 0.25) is 0 Å². The van der Waals surface area contributed by atoms with Gasteiger partial charge in [0.25, 0.3) is 5.91 Å². The molecule has 5 nitrogen and oxygen atoms in total. The van der Waals surface area contributed by atoms with E-state index in [1.165, 1.54) is 11.3 Å². The van der Waals surface area contributed by atoms with Crippen LogP contribution in [0, 0.1) is 12.8 Å². The molecule has 1 heterocycles. The summed E-state index contributed by atoms with van der Waals surface area (Å²) < 4.78 is 0. The molecule has 0 saturated heterocycles. The van der Waals surface area contributed by atoms with Crippen LogP contribution in [-0.2, 0) is 4.79 Å². The lowest BCUT2D eigenvalue weighted by Crippen LogP contribution is -2.33. The molecule has 2 fully saturated rings. The predicted octanol–water partition coefficient (Wildman–Crippen LogP) is 3.61. The number of nitrogens with zero attached hydrogens (tertiary/aromatic N) is 2. The average Bonchev–Trinajstić information content (AvgIpc) is 3.47. The largest absolute Gasteiger partial charge is 0.326 e. The van der Waals surface area contributed by atoms with Crippen molar-refractivity contribution in [2.75, 3.05) is 10.2 Å². The topological polar surface area (TPSA) is 62.3 Å². The Morgan fingerprint density at radius 1 is 1.17 bits per heavy atom. The van der Waals surface area contributed by atoms with Gasteiger partial charge in [-0.1, -0.05) is 0 Å². The summed E-state index contributed by atoms with van der Waals surface area (Å²) in [5.41, 5.74) is 2.30. The van der Waals surface area contributed by atoms with Crippen molar-refractivity contribution in [3.8, 4) is 0 Å². The maximum atomic E-state index is 12.9. The molecule has 0 spiro atoms. The first-order valence-corrected chi connectivity index (χ1v) is 9.16. The lowest BCUT2D eigenvalue weighted by molar-refractivity contribution is -0.117. The van der Waals surface area contributed by atoms with Gasteiger partial charge in [0.1, 0.15) is 0 Å². The van der Waals surface area contributed by atoms with E-state index in [2.05, 4.69) is 10.3 Å². The van der Waals surface area contributed by atoms with Gasteiger partial charge in [0.15, 0.2) is 5.13 Å². The van der Waals surface area contributed by atoms with E-state index in [0.29, 0.717) is 5.56 Å². The van der Waals surface area contributed by atoms with E-state index >= 15 is 0 Å². The average molecular weight is 341 g/mol. The molecule has 124 valence electrons. The van der Waals surface area contributed by atoms with Gasteiger partial charge in [-0.3, -0.25) is 14.5 Å². The van der Waals surface area contributed by atoms with Crippen molar-refractivity contribution in [2.24, 2.45) is 5.92 Å². The maximum Gasteiger partial charge on any atom is 0.260 e. The summed E-state index contributed by atoms with van der Waals surface area (Å²) >= 11 is 1.51. The van der Waals surface area contributed by atoms with Gasteiger partial charge in [-0.15, -0.1) is 11.3 Å².